The van der Waals surface area contributed by atoms with Crippen molar-refractivity contribution in [3.63, 3.8) is 0 Å². The van der Waals surface area contributed by atoms with Crippen LogP contribution in [0, 0.1) is 6.92 Å². The largest absolute Gasteiger partial charge is 0.507 e. The predicted octanol–water partition coefficient (Wildman–Crippen LogP) is 3.68. The maximum atomic E-state index is 13.5. The second kappa shape index (κ2) is 8.57. The summed E-state index contributed by atoms with van der Waals surface area (Å²) in [6.07, 6.45) is -1.72. The van der Waals surface area contributed by atoms with Gasteiger partial charge in [-0.15, -0.1) is 0 Å². The Balaban J connectivity index is 1.95. The van der Waals surface area contributed by atoms with Gasteiger partial charge in [0, 0.05) is 29.7 Å². The third kappa shape index (κ3) is 3.74. The summed E-state index contributed by atoms with van der Waals surface area (Å²) in [6, 6.07) is 5.76. The molecule has 2 heterocycles. The number of rotatable bonds is 3. The highest BCUT2D eigenvalue weighted by atomic mass is 35.5. The third-order valence-electron chi connectivity index (χ3n) is 6.09. The van der Waals surface area contributed by atoms with E-state index in [2.05, 4.69) is 0 Å². The van der Waals surface area contributed by atoms with Gasteiger partial charge in [0.2, 0.25) is 5.43 Å². The van der Waals surface area contributed by atoms with Crippen LogP contribution in [0.25, 0.3) is 11.0 Å². The third-order valence-corrected chi connectivity index (χ3v) is 6.92. The van der Waals surface area contributed by atoms with Gasteiger partial charge in [0.05, 0.1) is 21.7 Å². The molecule has 0 aliphatic carbocycles. The molecule has 2 aromatic carbocycles. The number of hydrogen-bond donors (Lipinski definition) is 4. The summed E-state index contributed by atoms with van der Waals surface area (Å²) in [5.74, 6) is -1.14. The van der Waals surface area contributed by atoms with Gasteiger partial charge in [-0.25, -0.2) is 0 Å². The smallest absolute Gasteiger partial charge is 0.202 e. The molecular weight excluding hydrogens is 457 g/mol. The summed E-state index contributed by atoms with van der Waals surface area (Å²) in [6.45, 7) is 2.57. The molecule has 1 aliphatic rings. The monoisotopic (exact) mass is 479 g/mol. The number of benzene rings is 2. The zero-order valence-corrected chi connectivity index (χ0v) is 19.0. The van der Waals surface area contributed by atoms with Crippen molar-refractivity contribution >= 4 is 34.2 Å². The van der Waals surface area contributed by atoms with Gasteiger partial charge in [0.15, 0.2) is 0 Å². The van der Waals surface area contributed by atoms with E-state index in [1.807, 2.05) is 11.9 Å². The number of aryl methyl sites for hydroxylation is 1. The zero-order valence-electron chi connectivity index (χ0n) is 17.5. The summed E-state index contributed by atoms with van der Waals surface area (Å²) in [5, 5.41) is 42.9. The van der Waals surface area contributed by atoms with Crippen molar-refractivity contribution in [3.05, 3.63) is 67.0 Å². The maximum Gasteiger partial charge on any atom is 0.202 e. The van der Waals surface area contributed by atoms with E-state index in [9.17, 15) is 25.2 Å². The number of piperidine rings is 1. The van der Waals surface area contributed by atoms with Gasteiger partial charge in [-0.05, 0) is 33.0 Å². The Kier molecular flexibility index (Phi) is 6.13. The van der Waals surface area contributed by atoms with Gasteiger partial charge in [0.25, 0.3) is 0 Å². The van der Waals surface area contributed by atoms with Crippen LogP contribution in [-0.2, 0) is 0 Å². The van der Waals surface area contributed by atoms with Crippen LogP contribution in [0.2, 0.25) is 10.0 Å². The highest BCUT2D eigenvalue weighted by Crippen LogP contribution is 2.43. The lowest BCUT2D eigenvalue weighted by molar-refractivity contribution is 0.0630. The first-order valence-corrected chi connectivity index (χ1v) is 10.9. The summed E-state index contributed by atoms with van der Waals surface area (Å²) in [7, 11) is 1.88. The van der Waals surface area contributed by atoms with Crippen LogP contribution in [0.1, 0.15) is 40.9 Å². The lowest BCUT2D eigenvalue weighted by atomic mass is 9.85. The number of nitrogens with zero attached hydrogens (tertiary/aromatic N) is 1. The molecule has 1 aliphatic heterocycles. The van der Waals surface area contributed by atoms with Crippen LogP contribution < -0.4 is 5.43 Å². The quantitative estimate of drug-likeness (QED) is 0.452. The minimum absolute atomic E-state index is 0.00764. The van der Waals surface area contributed by atoms with E-state index in [-0.39, 0.29) is 49.2 Å². The number of β-amino-alcohol motifs (C(OH)–C–C–N with tert-alkyl or cyclic N) is 1. The average Bonchev–Trinajstić information content (AvgIpc) is 2.70. The summed E-state index contributed by atoms with van der Waals surface area (Å²) >= 11 is 12.3. The number of halogens is 2. The average molecular weight is 480 g/mol. The zero-order chi connectivity index (χ0) is 23.3. The minimum atomic E-state index is -1.45. The van der Waals surface area contributed by atoms with Crippen LogP contribution in [0.4, 0.5) is 0 Å². The molecule has 0 bridgehead atoms. The summed E-state index contributed by atoms with van der Waals surface area (Å²) in [4.78, 5) is 15.4. The molecule has 170 valence electrons. The number of aliphatic hydroxyl groups is 2. The van der Waals surface area contributed by atoms with Crippen molar-refractivity contribution < 1.29 is 24.8 Å². The molecule has 1 saturated heterocycles. The van der Waals surface area contributed by atoms with Gasteiger partial charge < -0.3 is 29.7 Å². The van der Waals surface area contributed by atoms with Gasteiger partial charge in [-0.3, -0.25) is 4.79 Å². The van der Waals surface area contributed by atoms with E-state index >= 15 is 0 Å². The van der Waals surface area contributed by atoms with Gasteiger partial charge in [-0.1, -0.05) is 35.3 Å². The van der Waals surface area contributed by atoms with E-state index < -0.39 is 29.3 Å². The Morgan fingerprint density at radius 1 is 1.22 bits per heavy atom. The van der Waals surface area contributed by atoms with Crippen LogP contribution in [-0.4, -0.2) is 51.6 Å². The Morgan fingerprint density at radius 2 is 1.94 bits per heavy atom. The highest BCUT2D eigenvalue weighted by Gasteiger charge is 2.34. The molecule has 0 saturated carbocycles. The number of aromatic hydroxyl groups is 2. The number of likely N-dealkylation sites (N-methyl/N-ethyl adjacent to an activating group) is 1. The fourth-order valence-electron chi connectivity index (χ4n) is 4.46. The molecule has 1 fully saturated rings. The van der Waals surface area contributed by atoms with Crippen molar-refractivity contribution in [3.8, 4) is 11.5 Å². The van der Waals surface area contributed by atoms with Crippen LogP contribution in [0.5, 0.6) is 11.5 Å². The maximum absolute atomic E-state index is 13.5. The van der Waals surface area contributed by atoms with Crippen LogP contribution in [0.15, 0.2) is 33.5 Å². The number of phenolic OH excluding ortho intramolecular Hbond substituents is 2. The molecule has 1 aromatic heterocycles. The number of fused-ring (bicyclic) bond motifs is 1. The first-order valence-electron chi connectivity index (χ1n) is 10.1. The molecule has 0 radical (unpaired) electrons. The second-order valence-electron chi connectivity index (χ2n) is 8.20. The van der Waals surface area contributed by atoms with Crippen LogP contribution >= 0.6 is 23.2 Å². The van der Waals surface area contributed by atoms with Gasteiger partial charge in [0.1, 0.15) is 34.3 Å². The van der Waals surface area contributed by atoms with Crippen molar-refractivity contribution in [2.24, 2.45) is 0 Å². The topological polar surface area (TPSA) is 114 Å². The number of phenols is 2. The standard InChI is InChI=1S/C23H23Cl2NO6/c1-10-17(21(30)12-4-3-5-13(24)20(12)25)22(31)19-15(28)8-14(27)18(23(19)32-10)11-6-7-26(2)9-16(11)29/h3-5,8,11,16,21,27-30H,6-7,9H2,1-2H3. The molecular formula is C23H23Cl2NO6. The van der Waals surface area contributed by atoms with Crippen molar-refractivity contribution in [2.45, 2.75) is 31.5 Å². The molecule has 3 unspecified atom stereocenters. The molecule has 32 heavy (non-hydrogen) atoms. The molecule has 4 rings (SSSR count). The molecule has 3 aromatic rings. The summed E-state index contributed by atoms with van der Waals surface area (Å²) in [5.41, 5.74) is -0.281. The number of likely N-dealkylation sites (tertiary alicyclic amines) is 1. The normalized spacial score (nSPS) is 20.6. The Hall–Kier alpha value is -2.29. The minimum Gasteiger partial charge on any atom is -0.507 e. The van der Waals surface area contributed by atoms with Crippen molar-refractivity contribution in [1.82, 2.24) is 4.90 Å². The fraction of sp³-hybridized carbons (Fsp3) is 0.348. The lowest BCUT2D eigenvalue weighted by Crippen LogP contribution is -2.40. The van der Waals surface area contributed by atoms with Gasteiger partial charge >= 0.3 is 0 Å². The Bertz CT molecular complexity index is 1260. The molecule has 0 amide bonds. The molecule has 0 spiro atoms. The first-order chi connectivity index (χ1) is 15.1. The Morgan fingerprint density at radius 3 is 2.62 bits per heavy atom. The lowest BCUT2D eigenvalue weighted by Gasteiger charge is -2.34. The molecule has 4 N–H and O–H groups in total. The molecule has 3 atom stereocenters. The number of hydrogen-bond acceptors (Lipinski definition) is 7. The van der Waals surface area contributed by atoms with E-state index in [1.54, 1.807) is 18.2 Å². The predicted molar refractivity (Wildman–Crippen MR) is 122 cm³/mol. The SMILES string of the molecule is Cc1oc2c(C3CCN(C)CC3O)c(O)cc(O)c2c(=O)c1C(O)c1cccc(Cl)c1Cl. The van der Waals surface area contributed by atoms with Gasteiger partial charge in [-0.2, -0.15) is 0 Å². The van der Waals surface area contributed by atoms with E-state index in [1.165, 1.54) is 6.92 Å². The Labute approximate surface area is 194 Å². The summed E-state index contributed by atoms with van der Waals surface area (Å²) < 4.78 is 5.93. The fourth-order valence-corrected chi connectivity index (χ4v) is 4.87. The van der Waals surface area contributed by atoms with Crippen LogP contribution in [0.3, 0.4) is 0 Å². The van der Waals surface area contributed by atoms with Crippen molar-refractivity contribution in [2.75, 3.05) is 20.1 Å². The first kappa shape index (κ1) is 22.9. The number of aliphatic hydroxyl groups excluding tert-OH is 2. The van der Waals surface area contributed by atoms with E-state index in [0.29, 0.717) is 19.5 Å². The highest BCUT2D eigenvalue weighted by molar-refractivity contribution is 6.42. The molecule has 7 nitrogen and oxygen atoms in total. The molecule has 9 heteroatoms. The van der Waals surface area contributed by atoms with E-state index in [4.69, 9.17) is 27.6 Å². The van der Waals surface area contributed by atoms with E-state index in [0.717, 1.165) is 6.07 Å². The van der Waals surface area contributed by atoms with Crippen molar-refractivity contribution in [1.29, 1.82) is 0 Å². The second-order valence-corrected chi connectivity index (χ2v) is 8.99.